The molecule has 1 aliphatic rings. The Balaban J connectivity index is 2.65. The van der Waals surface area contributed by atoms with Gasteiger partial charge in [-0.25, -0.2) is 9.59 Å². The molecule has 0 aromatic rings. The predicted octanol–water partition coefficient (Wildman–Crippen LogP) is -0.236. The summed E-state index contributed by atoms with van der Waals surface area (Å²) in [5.74, 6) is -1.61. The van der Waals surface area contributed by atoms with Crippen molar-refractivity contribution >= 4 is 17.7 Å². The summed E-state index contributed by atoms with van der Waals surface area (Å²) in [7, 11) is 0. The van der Waals surface area contributed by atoms with E-state index < -0.39 is 11.9 Å². The summed E-state index contributed by atoms with van der Waals surface area (Å²) in [5, 5.41) is 11.4. The number of oxime groups is 1. The average molecular weight is 143 g/mol. The molecule has 0 unspecified atom stereocenters. The van der Waals surface area contributed by atoms with Crippen LogP contribution in [0.2, 0.25) is 0 Å². The van der Waals surface area contributed by atoms with Gasteiger partial charge in [0.25, 0.3) is 0 Å². The molecule has 1 rings (SSSR count). The third-order valence-electron chi connectivity index (χ3n) is 1.07. The lowest BCUT2D eigenvalue weighted by Gasteiger charge is -2.04. The van der Waals surface area contributed by atoms with Crippen molar-refractivity contribution in [2.24, 2.45) is 5.16 Å². The molecule has 1 aliphatic heterocycles. The minimum atomic E-state index is -1.13. The predicted molar refractivity (Wildman–Crippen MR) is 30.4 cm³/mol. The van der Waals surface area contributed by atoms with Gasteiger partial charge in [0.15, 0.2) is 5.71 Å². The summed E-state index contributed by atoms with van der Waals surface area (Å²) < 4.78 is 0. The maximum absolute atomic E-state index is 10.3. The quantitative estimate of drug-likeness (QED) is 0.514. The highest BCUT2D eigenvalue weighted by Crippen LogP contribution is 2.03. The third-order valence-corrected chi connectivity index (χ3v) is 1.07. The Morgan fingerprint density at radius 2 is 2.30 bits per heavy atom. The normalized spacial score (nSPS) is 17.6. The van der Waals surface area contributed by atoms with Gasteiger partial charge in [-0.1, -0.05) is 5.16 Å². The largest absolute Gasteiger partial charge is 0.477 e. The van der Waals surface area contributed by atoms with E-state index in [0.717, 1.165) is 0 Å². The number of carbonyl (C=O) groups is 2. The highest BCUT2D eigenvalue weighted by atomic mass is 16.7. The molecule has 0 amide bonds. The topological polar surface area (TPSA) is 76.0 Å². The molecule has 10 heavy (non-hydrogen) atoms. The molecule has 0 bridgehead atoms. The lowest BCUT2D eigenvalue weighted by Crippen LogP contribution is -2.20. The molecule has 1 heterocycles. The van der Waals surface area contributed by atoms with Crippen molar-refractivity contribution < 1.29 is 19.5 Å². The first kappa shape index (κ1) is 6.73. The van der Waals surface area contributed by atoms with E-state index in [1.807, 2.05) is 0 Å². The third kappa shape index (κ3) is 1.31. The van der Waals surface area contributed by atoms with Crippen LogP contribution in [0.25, 0.3) is 0 Å². The van der Waals surface area contributed by atoms with Crippen LogP contribution in [-0.2, 0) is 14.4 Å². The molecule has 0 saturated carbocycles. The van der Waals surface area contributed by atoms with E-state index in [2.05, 4.69) is 9.99 Å². The summed E-state index contributed by atoms with van der Waals surface area (Å²) in [6.45, 7) is 0. The molecule has 54 valence electrons. The number of hydrogen-bond acceptors (Lipinski definition) is 4. The SMILES string of the molecule is O=C1CCC(C(=O)O)=NO1. The molecule has 0 aromatic carbocycles. The van der Waals surface area contributed by atoms with Gasteiger partial charge in [-0.05, 0) is 0 Å². The fraction of sp³-hybridized carbons (Fsp3) is 0.400. The second-order valence-electron chi connectivity index (χ2n) is 1.81. The van der Waals surface area contributed by atoms with Crippen LogP contribution in [0, 0.1) is 0 Å². The lowest BCUT2D eigenvalue weighted by atomic mass is 10.2. The summed E-state index contributed by atoms with van der Waals surface area (Å²) in [6, 6.07) is 0. The minimum absolute atomic E-state index is 0.0976. The highest BCUT2D eigenvalue weighted by Gasteiger charge is 2.18. The fourth-order valence-corrected chi connectivity index (χ4v) is 0.564. The minimum Gasteiger partial charge on any atom is -0.477 e. The molecule has 0 atom stereocenters. The number of carbonyl (C=O) groups excluding carboxylic acids is 1. The smallest absolute Gasteiger partial charge is 0.353 e. The van der Waals surface area contributed by atoms with Crippen LogP contribution in [0.4, 0.5) is 0 Å². The molecular formula is C5H5NO4. The van der Waals surface area contributed by atoms with E-state index in [1.54, 1.807) is 0 Å². The van der Waals surface area contributed by atoms with E-state index in [9.17, 15) is 9.59 Å². The number of carboxylic acids is 1. The zero-order chi connectivity index (χ0) is 7.56. The first-order valence-corrected chi connectivity index (χ1v) is 2.70. The van der Waals surface area contributed by atoms with Crippen molar-refractivity contribution in [1.29, 1.82) is 0 Å². The Kier molecular flexibility index (Phi) is 1.66. The molecule has 5 nitrogen and oxygen atoms in total. The molecule has 0 aliphatic carbocycles. The van der Waals surface area contributed by atoms with Gasteiger partial charge in [0.2, 0.25) is 0 Å². The second kappa shape index (κ2) is 2.47. The van der Waals surface area contributed by atoms with Crippen molar-refractivity contribution in [2.75, 3.05) is 0 Å². The van der Waals surface area contributed by atoms with Crippen molar-refractivity contribution in [1.82, 2.24) is 0 Å². The highest BCUT2D eigenvalue weighted by molar-refractivity contribution is 6.36. The van der Waals surface area contributed by atoms with Crippen LogP contribution in [0.3, 0.4) is 0 Å². The Morgan fingerprint density at radius 1 is 1.60 bits per heavy atom. The van der Waals surface area contributed by atoms with Gasteiger partial charge in [-0.2, -0.15) is 0 Å². The zero-order valence-electron chi connectivity index (χ0n) is 5.03. The molecule has 0 aromatic heterocycles. The van der Waals surface area contributed by atoms with Crippen molar-refractivity contribution in [3.05, 3.63) is 0 Å². The first-order valence-electron chi connectivity index (χ1n) is 2.70. The molecule has 5 heteroatoms. The van der Waals surface area contributed by atoms with Crippen molar-refractivity contribution in [3.63, 3.8) is 0 Å². The summed E-state index contributed by atoms with van der Waals surface area (Å²) in [6.07, 6.45) is 0.263. The number of carboxylic acid groups (broad SMARTS) is 1. The number of aliphatic carboxylic acids is 1. The molecule has 0 fully saturated rings. The van der Waals surface area contributed by atoms with Crippen molar-refractivity contribution in [2.45, 2.75) is 12.8 Å². The van der Waals surface area contributed by atoms with Crippen molar-refractivity contribution in [3.8, 4) is 0 Å². The maximum Gasteiger partial charge on any atom is 0.353 e. The Morgan fingerprint density at radius 3 is 2.70 bits per heavy atom. The van der Waals surface area contributed by atoms with Gasteiger partial charge >= 0.3 is 11.9 Å². The maximum atomic E-state index is 10.3. The van der Waals surface area contributed by atoms with Gasteiger partial charge in [0.05, 0.1) is 6.42 Å². The van der Waals surface area contributed by atoms with Gasteiger partial charge in [0, 0.05) is 6.42 Å². The molecule has 0 radical (unpaired) electrons. The van der Waals surface area contributed by atoms with E-state index in [4.69, 9.17) is 5.11 Å². The van der Waals surface area contributed by atoms with Crippen LogP contribution in [-0.4, -0.2) is 22.8 Å². The molecule has 0 saturated heterocycles. The Labute approximate surface area is 56.3 Å². The van der Waals surface area contributed by atoms with Gasteiger partial charge < -0.3 is 9.94 Å². The average Bonchev–Trinajstić information content (AvgIpc) is 1.88. The van der Waals surface area contributed by atoms with E-state index in [0.29, 0.717) is 0 Å². The Bertz CT molecular complexity index is 208. The summed E-state index contributed by atoms with van der Waals surface area (Å²) >= 11 is 0. The van der Waals surface area contributed by atoms with Gasteiger partial charge in [-0.3, -0.25) is 0 Å². The van der Waals surface area contributed by atoms with Crippen LogP contribution in [0.15, 0.2) is 5.16 Å². The van der Waals surface area contributed by atoms with Crippen LogP contribution < -0.4 is 0 Å². The number of rotatable bonds is 1. The van der Waals surface area contributed by atoms with Gasteiger partial charge in [0.1, 0.15) is 0 Å². The fourth-order valence-electron chi connectivity index (χ4n) is 0.564. The van der Waals surface area contributed by atoms with E-state index >= 15 is 0 Å². The van der Waals surface area contributed by atoms with Crippen LogP contribution in [0.5, 0.6) is 0 Å². The van der Waals surface area contributed by atoms with E-state index in [1.165, 1.54) is 0 Å². The Hall–Kier alpha value is -1.39. The van der Waals surface area contributed by atoms with Crippen LogP contribution in [0.1, 0.15) is 12.8 Å². The lowest BCUT2D eigenvalue weighted by molar-refractivity contribution is -0.144. The second-order valence-corrected chi connectivity index (χ2v) is 1.81. The summed E-state index contributed by atoms with van der Waals surface area (Å²) in [5.41, 5.74) is -0.0976. The van der Waals surface area contributed by atoms with E-state index in [-0.39, 0.29) is 18.6 Å². The first-order chi connectivity index (χ1) is 4.70. The molecule has 0 spiro atoms. The zero-order valence-corrected chi connectivity index (χ0v) is 5.03. The van der Waals surface area contributed by atoms with Crippen LogP contribution >= 0.6 is 0 Å². The number of nitrogens with zero attached hydrogens (tertiary/aromatic N) is 1. The monoisotopic (exact) mass is 143 g/mol. The standard InChI is InChI=1S/C5H5NO4/c7-4-2-1-3(5(8)9)6-10-4/h1-2H2,(H,8,9). The summed E-state index contributed by atoms with van der Waals surface area (Å²) in [4.78, 5) is 24.6. The molecular weight excluding hydrogens is 138 g/mol. The molecule has 1 N–H and O–H groups in total. The van der Waals surface area contributed by atoms with Gasteiger partial charge in [-0.15, -0.1) is 0 Å². The number of hydrogen-bond donors (Lipinski definition) is 1.